The van der Waals surface area contributed by atoms with Gasteiger partial charge in [-0.2, -0.15) is 17.0 Å². The van der Waals surface area contributed by atoms with Crippen LogP contribution in [0.1, 0.15) is 24.8 Å². The van der Waals surface area contributed by atoms with Gasteiger partial charge in [0.15, 0.2) is 0 Å². The summed E-state index contributed by atoms with van der Waals surface area (Å²) in [4.78, 5) is 12.4. The fourth-order valence-corrected chi connectivity index (χ4v) is 3.95. The lowest BCUT2D eigenvalue weighted by molar-refractivity contribution is -0.123. The Labute approximate surface area is 133 Å². The fourth-order valence-electron chi connectivity index (χ4n) is 2.76. The highest BCUT2D eigenvalue weighted by atomic mass is 32.2. The zero-order valence-corrected chi connectivity index (χ0v) is 14.1. The van der Waals surface area contributed by atoms with Gasteiger partial charge in [-0.15, -0.1) is 0 Å². The number of benzene rings is 1. The van der Waals surface area contributed by atoms with Crippen LogP contribution in [-0.4, -0.2) is 50.0 Å². The Kier molecular flexibility index (Phi) is 5.72. The van der Waals surface area contributed by atoms with E-state index in [-0.39, 0.29) is 11.7 Å². The summed E-state index contributed by atoms with van der Waals surface area (Å²) in [6.07, 6.45) is 2.73. The Morgan fingerprint density at radius 2 is 1.95 bits per heavy atom. The molecule has 1 aromatic carbocycles. The summed E-state index contributed by atoms with van der Waals surface area (Å²) in [7, 11) is -0.371. The SMILES string of the molecule is CN(C)S(=O)(=O)N1CCCC(C(=O)CCc2ccccc2)C1. The molecule has 0 amide bonds. The molecule has 0 aromatic heterocycles. The molecule has 122 valence electrons. The second-order valence-electron chi connectivity index (χ2n) is 5.94. The van der Waals surface area contributed by atoms with Crippen molar-refractivity contribution in [1.29, 1.82) is 0 Å². The van der Waals surface area contributed by atoms with E-state index in [2.05, 4.69) is 0 Å². The predicted octanol–water partition coefficient (Wildman–Crippen LogP) is 1.71. The van der Waals surface area contributed by atoms with Crippen LogP contribution in [0.25, 0.3) is 0 Å². The molecule has 1 unspecified atom stereocenters. The largest absolute Gasteiger partial charge is 0.299 e. The van der Waals surface area contributed by atoms with E-state index >= 15 is 0 Å². The molecule has 0 bridgehead atoms. The van der Waals surface area contributed by atoms with Crippen molar-refractivity contribution in [2.24, 2.45) is 5.92 Å². The second-order valence-corrected chi connectivity index (χ2v) is 8.08. The van der Waals surface area contributed by atoms with Crippen LogP contribution >= 0.6 is 0 Å². The molecule has 1 saturated heterocycles. The molecule has 22 heavy (non-hydrogen) atoms. The number of piperidine rings is 1. The maximum Gasteiger partial charge on any atom is 0.281 e. The van der Waals surface area contributed by atoms with Crippen molar-refractivity contribution in [2.45, 2.75) is 25.7 Å². The molecule has 1 heterocycles. The summed E-state index contributed by atoms with van der Waals surface area (Å²) >= 11 is 0. The Bertz CT molecular complexity index is 599. The Hall–Kier alpha value is -1.24. The summed E-state index contributed by atoms with van der Waals surface area (Å²) in [6.45, 7) is 0.817. The normalized spacial score (nSPS) is 20.2. The molecule has 0 spiro atoms. The summed E-state index contributed by atoms with van der Waals surface area (Å²) in [5.74, 6) is -0.00491. The lowest BCUT2D eigenvalue weighted by Crippen LogP contribution is -2.47. The number of carbonyl (C=O) groups is 1. The molecule has 1 aliphatic heterocycles. The van der Waals surface area contributed by atoms with Crippen molar-refractivity contribution in [1.82, 2.24) is 8.61 Å². The van der Waals surface area contributed by atoms with Gasteiger partial charge in [0.1, 0.15) is 5.78 Å². The molecule has 5 nitrogen and oxygen atoms in total. The standard InChI is InChI=1S/C16H24N2O3S/c1-17(2)22(20,21)18-12-6-9-15(13-18)16(19)11-10-14-7-4-3-5-8-14/h3-5,7-8,15H,6,9-13H2,1-2H3. The van der Waals surface area contributed by atoms with Crippen molar-refractivity contribution in [3.8, 4) is 0 Å². The molecule has 1 aliphatic rings. The first-order valence-corrected chi connectivity index (χ1v) is 9.05. The minimum atomic E-state index is -3.42. The number of rotatable bonds is 6. The van der Waals surface area contributed by atoms with Gasteiger partial charge in [-0.05, 0) is 24.8 Å². The number of hydrogen-bond donors (Lipinski definition) is 0. The topological polar surface area (TPSA) is 57.7 Å². The average molecular weight is 324 g/mol. The highest BCUT2D eigenvalue weighted by molar-refractivity contribution is 7.86. The predicted molar refractivity (Wildman–Crippen MR) is 86.7 cm³/mol. The van der Waals surface area contributed by atoms with Crippen LogP contribution in [0.2, 0.25) is 0 Å². The van der Waals surface area contributed by atoms with Crippen LogP contribution in [0.15, 0.2) is 30.3 Å². The first-order chi connectivity index (χ1) is 10.4. The smallest absolute Gasteiger partial charge is 0.281 e. The Balaban J connectivity index is 1.93. The number of Topliss-reactive ketones (excluding diaryl/α,β-unsaturated/α-hetero) is 1. The second kappa shape index (κ2) is 7.35. The molecule has 0 radical (unpaired) electrons. The van der Waals surface area contributed by atoms with Gasteiger partial charge in [-0.3, -0.25) is 4.79 Å². The van der Waals surface area contributed by atoms with Crippen molar-refractivity contribution >= 4 is 16.0 Å². The summed E-state index contributed by atoms with van der Waals surface area (Å²) in [5, 5.41) is 0. The highest BCUT2D eigenvalue weighted by Gasteiger charge is 2.32. The molecule has 1 fully saturated rings. The molecule has 2 rings (SSSR count). The van der Waals surface area contributed by atoms with Gasteiger partial charge in [0, 0.05) is 39.5 Å². The van der Waals surface area contributed by atoms with Crippen LogP contribution in [0.4, 0.5) is 0 Å². The van der Waals surface area contributed by atoms with Crippen molar-refractivity contribution in [3.05, 3.63) is 35.9 Å². The van der Waals surface area contributed by atoms with E-state index in [1.54, 1.807) is 0 Å². The minimum absolute atomic E-state index is 0.169. The van der Waals surface area contributed by atoms with E-state index in [9.17, 15) is 13.2 Å². The number of hydrogen-bond acceptors (Lipinski definition) is 3. The lowest BCUT2D eigenvalue weighted by atomic mass is 9.91. The number of aryl methyl sites for hydroxylation is 1. The summed E-state index contributed by atoms with van der Waals surface area (Å²) < 4.78 is 27.0. The summed E-state index contributed by atoms with van der Waals surface area (Å²) in [5.41, 5.74) is 1.14. The van der Waals surface area contributed by atoms with E-state index in [1.165, 1.54) is 22.7 Å². The van der Waals surface area contributed by atoms with Crippen LogP contribution in [0, 0.1) is 5.92 Å². The van der Waals surface area contributed by atoms with Gasteiger partial charge >= 0.3 is 0 Å². The van der Waals surface area contributed by atoms with Crippen LogP contribution in [-0.2, 0) is 21.4 Å². The zero-order chi connectivity index (χ0) is 16.2. The van der Waals surface area contributed by atoms with E-state index in [0.717, 1.165) is 24.8 Å². The minimum Gasteiger partial charge on any atom is -0.299 e. The maximum absolute atomic E-state index is 12.4. The zero-order valence-electron chi connectivity index (χ0n) is 13.2. The van der Waals surface area contributed by atoms with E-state index < -0.39 is 10.2 Å². The van der Waals surface area contributed by atoms with Crippen molar-refractivity contribution in [3.63, 3.8) is 0 Å². The third-order valence-corrected chi connectivity index (χ3v) is 6.04. The molecule has 0 N–H and O–H groups in total. The molecule has 0 saturated carbocycles. The monoisotopic (exact) mass is 324 g/mol. The average Bonchev–Trinajstić information content (AvgIpc) is 2.53. The van der Waals surface area contributed by atoms with Crippen molar-refractivity contribution < 1.29 is 13.2 Å². The van der Waals surface area contributed by atoms with Crippen LogP contribution < -0.4 is 0 Å². The van der Waals surface area contributed by atoms with Gasteiger partial charge in [0.2, 0.25) is 0 Å². The number of carbonyl (C=O) groups excluding carboxylic acids is 1. The first kappa shape index (κ1) is 17.1. The Morgan fingerprint density at radius 1 is 1.27 bits per heavy atom. The Morgan fingerprint density at radius 3 is 2.59 bits per heavy atom. The highest BCUT2D eigenvalue weighted by Crippen LogP contribution is 2.22. The summed E-state index contributed by atoms with van der Waals surface area (Å²) in [6, 6.07) is 9.90. The van der Waals surface area contributed by atoms with Gasteiger partial charge in [0.25, 0.3) is 10.2 Å². The molecule has 6 heteroatoms. The fraction of sp³-hybridized carbons (Fsp3) is 0.562. The molecule has 1 aromatic rings. The molecule has 0 aliphatic carbocycles. The first-order valence-electron chi connectivity index (χ1n) is 7.65. The van der Waals surface area contributed by atoms with E-state index in [0.29, 0.717) is 19.5 Å². The molecular formula is C16H24N2O3S. The van der Waals surface area contributed by atoms with Crippen LogP contribution in [0.3, 0.4) is 0 Å². The van der Waals surface area contributed by atoms with Crippen molar-refractivity contribution in [2.75, 3.05) is 27.2 Å². The van der Waals surface area contributed by atoms with E-state index in [1.807, 2.05) is 30.3 Å². The third-order valence-electron chi connectivity index (χ3n) is 4.13. The van der Waals surface area contributed by atoms with Gasteiger partial charge < -0.3 is 0 Å². The van der Waals surface area contributed by atoms with E-state index in [4.69, 9.17) is 0 Å². The maximum atomic E-state index is 12.4. The van der Waals surface area contributed by atoms with Gasteiger partial charge in [0.05, 0.1) is 0 Å². The number of nitrogens with zero attached hydrogens (tertiary/aromatic N) is 2. The van der Waals surface area contributed by atoms with Gasteiger partial charge in [-0.25, -0.2) is 0 Å². The van der Waals surface area contributed by atoms with Crippen LogP contribution in [0.5, 0.6) is 0 Å². The molecular weight excluding hydrogens is 300 g/mol. The molecule has 1 atom stereocenters. The van der Waals surface area contributed by atoms with Gasteiger partial charge in [-0.1, -0.05) is 30.3 Å². The lowest BCUT2D eigenvalue weighted by Gasteiger charge is -2.32. The quantitative estimate of drug-likeness (QED) is 0.800. The third kappa shape index (κ3) is 4.15. The number of ketones is 1.